The largest absolute Gasteiger partial charge is 0.452 e. The highest BCUT2D eigenvalue weighted by Crippen LogP contribution is 2.13. The average molecular weight is 299 g/mol. The molecular weight excluding hydrogens is 282 g/mol. The van der Waals surface area contributed by atoms with Crippen LogP contribution < -0.4 is 5.32 Å². The lowest BCUT2D eigenvalue weighted by atomic mass is 10.1. The maximum Gasteiger partial charge on any atom is 0.338 e. The summed E-state index contributed by atoms with van der Waals surface area (Å²) in [5.74, 6) is -0.973. The molecule has 0 radical (unpaired) electrons. The van der Waals surface area contributed by atoms with E-state index < -0.39 is 11.9 Å². The number of hydrogen-bond donors (Lipinski definition) is 2. The van der Waals surface area contributed by atoms with Gasteiger partial charge in [0, 0.05) is 5.69 Å². The minimum Gasteiger partial charge on any atom is -0.452 e. The van der Waals surface area contributed by atoms with Crippen molar-refractivity contribution in [2.24, 2.45) is 0 Å². The van der Waals surface area contributed by atoms with Crippen molar-refractivity contribution in [3.05, 3.63) is 65.2 Å². The lowest BCUT2D eigenvalue weighted by Crippen LogP contribution is -2.21. The van der Waals surface area contributed by atoms with Crippen LogP contribution in [0.25, 0.3) is 0 Å². The van der Waals surface area contributed by atoms with Crippen LogP contribution in [-0.4, -0.2) is 23.6 Å². The molecule has 0 saturated carbocycles. The van der Waals surface area contributed by atoms with Gasteiger partial charge in [0.25, 0.3) is 5.91 Å². The quantitative estimate of drug-likeness (QED) is 0.831. The average Bonchev–Trinajstić information content (AvgIpc) is 2.55. The second kappa shape index (κ2) is 7.38. The maximum atomic E-state index is 11.8. The highest BCUT2D eigenvalue weighted by molar-refractivity contribution is 5.95. The third-order valence-electron chi connectivity index (χ3n) is 3.13. The third kappa shape index (κ3) is 4.17. The first-order chi connectivity index (χ1) is 10.6. The van der Waals surface area contributed by atoms with Crippen LogP contribution in [0.1, 0.15) is 21.5 Å². The molecule has 5 nitrogen and oxygen atoms in total. The van der Waals surface area contributed by atoms with Gasteiger partial charge in [-0.25, -0.2) is 4.79 Å². The van der Waals surface area contributed by atoms with Crippen LogP contribution >= 0.6 is 0 Å². The molecule has 114 valence electrons. The van der Waals surface area contributed by atoms with E-state index in [4.69, 9.17) is 9.84 Å². The number of rotatable bonds is 5. The van der Waals surface area contributed by atoms with E-state index in [-0.39, 0.29) is 13.2 Å². The Morgan fingerprint density at radius 3 is 2.41 bits per heavy atom. The van der Waals surface area contributed by atoms with Crippen molar-refractivity contribution >= 4 is 17.6 Å². The Hall–Kier alpha value is -2.66. The fourth-order valence-corrected chi connectivity index (χ4v) is 1.86. The Morgan fingerprint density at radius 1 is 1.09 bits per heavy atom. The summed E-state index contributed by atoms with van der Waals surface area (Å²) in [7, 11) is 0. The lowest BCUT2D eigenvalue weighted by Gasteiger charge is -2.08. The minimum atomic E-state index is -0.579. The van der Waals surface area contributed by atoms with Crippen molar-refractivity contribution in [2.45, 2.75) is 13.5 Å². The van der Waals surface area contributed by atoms with Gasteiger partial charge in [0.05, 0.1) is 12.2 Å². The normalized spacial score (nSPS) is 10.1. The molecule has 0 aliphatic carbocycles. The molecule has 2 rings (SSSR count). The topological polar surface area (TPSA) is 75.6 Å². The summed E-state index contributed by atoms with van der Waals surface area (Å²) in [5.41, 5.74) is 2.66. The molecule has 1 amide bonds. The van der Waals surface area contributed by atoms with Crippen molar-refractivity contribution in [3.63, 3.8) is 0 Å². The maximum absolute atomic E-state index is 11.8. The van der Waals surface area contributed by atoms with Crippen LogP contribution in [0.5, 0.6) is 0 Å². The van der Waals surface area contributed by atoms with Gasteiger partial charge in [-0.05, 0) is 36.2 Å². The standard InChI is InChI=1S/C17H17NO4/c1-12-4-2-3-5-15(12)18-16(20)11-22-17(21)14-8-6-13(10-19)7-9-14/h2-9,19H,10-11H2,1H3,(H,18,20). The molecule has 0 aliphatic rings. The first-order valence-corrected chi connectivity index (χ1v) is 6.82. The highest BCUT2D eigenvalue weighted by Gasteiger charge is 2.10. The summed E-state index contributed by atoms with van der Waals surface area (Å²) < 4.78 is 4.96. The van der Waals surface area contributed by atoms with Crippen LogP contribution in [-0.2, 0) is 16.1 Å². The lowest BCUT2D eigenvalue weighted by molar-refractivity contribution is -0.119. The van der Waals surface area contributed by atoms with E-state index in [9.17, 15) is 9.59 Å². The molecule has 0 bridgehead atoms. The number of amides is 1. The Morgan fingerprint density at radius 2 is 1.77 bits per heavy atom. The number of anilines is 1. The van der Waals surface area contributed by atoms with E-state index >= 15 is 0 Å². The molecule has 0 saturated heterocycles. The zero-order valence-electron chi connectivity index (χ0n) is 12.2. The summed E-state index contributed by atoms with van der Waals surface area (Å²) in [6.07, 6.45) is 0. The van der Waals surface area contributed by atoms with Gasteiger partial charge in [0.2, 0.25) is 0 Å². The number of para-hydroxylation sites is 1. The fourth-order valence-electron chi connectivity index (χ4n) is 1.86. The van der Waals surface area contributed by atoms with Crippen LogP contribution in [0.2, 0.25) is 0 Å². The first kappa shape index (κ1) is 15.7. The second-order valence-corrected chi connectivity index (χ2v) is 4.79. The summed E-state index contributed by atoms with van der Waals surface area (Å²) >= 11 is 0. The number of benzene rings is 2. The molecule has 2 aromatic rings. The second-order valence-electron chi connectivity index (χ2n) is 4.79. The molecule has 0 heterocycles. The Bertz CT molecular complexity index is 665. The summed E-state index contributed by atoms with van der Waals surface area (Å²) in [5, 5.41) is 11.6. The molecule has 5 heteroatoms. The molecule has 0 spiro atoms. The fraction of sp³-hybridized carbons (Fsp3) is 0.176. The number of aliphatic hydroxyl groups is 1. The van der Waals surface area contributed by atoms with E-state index in [0.29, 0.717) is 16.8 Å². The van der Waals surface area contributed by atoms with Gasteiger partial charge in [0.1, 0.15) is 0 Å². The number of aryl methyl sites for hydroxylation is 1. The first-order valence-electron chi connectivity index (χ1n) is 6.82. The van der Waals surface area contributed by atoms with Gasteiger partial charge in [-0.3, -0.25) is 4.79 Å². The van der Waals surface area contributed by atoms with E-state index in [1.54, 1.807) is 30.3 Å². The number of carbonyl (C=O) groups excluding carboxylic acids is 2. The van der Waals surface area contributed by atoms with Crippen molar-refractivity contribution in [1.82, 2.24) is 0 Å². The number of esters is 1. The molecule has 0 fully saturated rings. The van der Waals surface area contributed by atoms with Crippen LogP contribution in [0.4, 0.5) is 5.69 Å². The van der Waals surface area contributed by atoms with Gasteiger partial charge in [-0.2, -0.15) is 0 Å². The van der Waals surface area contributed by atoms with Gasteiger partial charge in [-0.1, -0.05) is 30.3 Å². The summed E-state index contributed by atoms with van der Waals surface area (Å²) in [4.78, 5) is 23.6. The van der Waals surface area contributed by atoms with Crippen molar-refractivity contribution in [3.8, 4) is 0 Å². The molecule has 0 aliphatic heterocycles. The van der Waals surface area contributed by atoms with E-state index in [2.05, 4.69) is 5.32 Å². The van der Waals surface area contributed by atoms with Crippen LogP contribution in [0, 0.1) is 6.92 Å². The van der Waals surface area contributed by atoms with Crippen LogP contribution in [0.15, 0.2) is 48.5 Å². The Labute approximate surface area is 128 Å². The Balaban J connectivity index is 1.87. The molecule has 0 unspecified atom stereocenters. The summed E-state index contributed by atoms with van der Waals surface area (Å²) in [6, 6.07) is 13.7. The smallest absolute Gasteiger partial charge is 0.338 e. The predicted molar refractivity (Wildman–Crippen MR) is 82.5 cm³/mol. The number of carbonyl (C=O) groups is 2. The van der Waals surface area contributed by atoms with Crippen molar-refractivity contribution < 1.29 is 19.4 Å². The van der Waals surface area contributed by atoms with E-state index in [1.807, 2.05) is 25.1 Å². The Kier molecular flexibility index (Phi) is 5.27. The van der Waals surface area contributed by atoms with Crippen molar-refractivity contribution in [2.75, 3.05) is 11.9 Å². The third-order valence-corrected chi connectivity index (χ3v) is 3.13. The van der Waals surface area contributed by atoms with Crippen LogP contribution in [0.3, 0.4) is 0 Å². The highest BCUT2D eigenvalue weighted by atomic mass is 16.5. The number of hydrogen-bond acceptors (Lipinski definition) is 4. The summed E-state index contributed by atoms with van der Waals surface area (Å²) in [6.45, 7) is 1.44. The number of nitrogens with one attached hydrogen (secondary N) is 1. The van der Waals surface area contributed by atoms with Gasteiger partial charge < -0.3 is 15.2 Å². The SMILES string of the molecule is Cc1ccccc1NC(=O)COC(=O)c1ccc(CO)cc1. The number of ether oxygens (including phenoxy) is 1. The van der Waals surface area contributed by atoms with E-state index in [1.165, 1.54) is 0 Å². The molecule has 0 atom stereocenters. The van der Waals surface area contributed by atoms with E-state index in [0.717, 1.165) is 5.56 Å². The number of aliphatic hydroxyl groups excluding tert-OH is 1. The van der Waals surface area contributed by atoms with Gasteiger partial charge in [-0.15, -0.1) is 0 Å². The molecule has 0 aromatic heterocycles. The zero-order chi connectivity index (χ0) is 15.9. The molecule has 2 aromatic carbocycles. The predicted octanol–water partition coefficient (Wildman–Crippen LogP) is 2.28. The molecule has 2 N–H and O–H groups in total. The molecule has 22 heavy (non-hydrogen) atoms. The van der Waals surface area contributed by atoms with Gasteiger partial charge in [0.15, 0.2) is 6.61 Å². The zero-order valence-corrected chi connectivity index (χ0v) is 12.2. The molecular formula is C17H17NO4. The van der Waals surface area contributed by atoms with Crippen molar-refractivity contribution in [1.29, 1.82) is 0 Å². The minimum absolute atomic E-state index is 0.0891. The monoisotopic (exact) mass is 299 g/mol. The van der Waals surface area contributed by atoms with Gasteiger partial charge >= 0.3 is 5.97 Å².